The summed E-state index contributed by atoms with van der Waals surface area (Å²) < 4.78 is 31.1. The lowest BCUT2D eigenvalue weighted by Gasteiger charge is -2.14. The molecule has 1 amide bonds. The maximum atomic E-state index is 12.3. The van der Waals surface area contributed by atoms with Gasteiger partial charge in [-0.25, -0.2) is 17.9 Å². The summed E-state index contributed by atoms with van der Waals surface area (Å²) >= 11 is 17.6. The van der Waals surface area contributed by atoms with Gasteiger partial charge in [0.05, 0.1) is 10.6 Å². The largest absolute Gasteiger partial charge is 0.449 e. The molecule has 2 aromatic rings. The van der Waals surface area contributed by atoms with E-state index < -0.39 is 28.0 Å². The van der Waals surface area contributed by atoms with E-state index in [2.05, 4.69) is 10.0 Å². The number of esters is 1. The lowest BCUT2D eigenvalue weighted by atomic mass is 10.2. The highest BCUT2D eigenvalue weighted by Crippen LogP contribution is 2.24. The first-order chi connectivity index (χ1) is 13.0. The number of carbonyl (C=O) groups is 2. The van der Waals surface area contributed by atoms with E-state index in [0.29, 0.717) is 15.7 Å². The molecular weight excluding hydrogens is 451 g/mol. The number of rotatable bonds is 6. The number of hydrogen-bond donors (Lipinski definition) is 2. The molecule has 0 radical (unpaired) electrons. The van der Waals surface area contributed by atoms with Crippen LogP contribution in [0.1, 0.15) is 17.3 Å². The van der Waals surface area contributed by atoms with Gasteiger partial charge in [-0.2, -0.15) is 0 Å². The van der Waals surface area contributed by atoms with Crippen LogP contribution in [0.25, 0.3) is 0 Å². The number of sulfonamides is 1. The van der Waals surface area contributed by atoms with Crippen molar-refractivity contribution in [1.29, 1.82) is 0 Å². The Kier molecular flexibility index (Phi) is 7.30. The number of carbonyl (C=O) groups excluding carboxylic acids is 2. The van der Waals surface area contributed by atoms with Crippen LogP contribution >= 0.6 is 34.8 Å². The van der Waals surface area contributed by atoms with Gasteiger partial charge in [0.2, 0.25) is 10.0 Å². The minimum Gasteiger partial charge on any atom is -0.449 e. The average molecular weight is 466 g/mol. The molecule has 2 aromatic carbocycles. The highest BCUT2D eigenvalue weighted by molar-refractivity contribution is 7.89. The molecular formula is C17H15Cl3N2O5S. The van der Waals surface area contributed by atoms with Gasteiger partial charge >= 0.3 is 5.97 Å². The van der Waals surface area contributed by atoms with Crippen molar-refractivity contribution in [2.75, 3.05) is 12.4 Å². The van der Waals surface area contributed by atoms with Gasteiger partial charge in [-0.3, -0.25) is 4.79 Å². The van der Waals surface area contributed by atoms with Crippen LogP contribution in [-0.4, -0.2) is 33.4 Å². The highest BCUT2D eigenvalue weighted by atomic mass is 35.5. The number of amides is 1. The van der Waals surface area contributed by atoms with Crippen molar-refractivity contribution in [2.45, 2.75) is 17.9 Å². The number of hydrogen-bond acceptors (Lipinski definition) is 5. The van der Waals surface area contributed by atoms with Gasteiger partial charge < -0.3 is 10.1 Å². The molecule has 2 rings (SSSR count). The Balaban J connectivity index is 2.13. The number of benzene rings is 2. The van der Waals surface area contributed by atoms with Crippen molar-refractivity contribution in [3.8, 4) is 0 Å². The van der Waals surface area contributed by atoms with E-state index in [1.54, 1.807) is 0 Å². The summed E-state index contributed by atoms with van der Waals surface area (Å²) in [5, 5.41) is 3.11. The number of halogens is 3. The predicted octanol–water partition coefficient (Wildman–Crippen LogP) is 3.74. The summed E-state index contributed by atoms with van der Waals surface area (Å²) in [7, 11) is -2.66. The van der Waals surface area contributed by atoms with E-state index in [-0.39, 0.29) is 15.5 Å². The van der Waals surface area contributed by atoms with Gasteiger partial charge in [-0.15, -0.1) is 0 Å². The van der Waals surface area contributed by atoms with Gasteiger partial charge in [-0.1, -0.05) is 34.8 Å². The van der Waals surface area contributed by atoms with Crippen LogP contribution in [-0.2, 0) is 19.6 Å². The minimum absolute atomic E-state index is 0.0606. The third-order valence-corrected chi connectivity index (χ3v) is 5.84. The summed E-state index contributed by atoms with van der Waals surface area (Å²) in [6.45, 7) is 1.36. The standard InChI is InChI=1S/C17H15Cl3N2O5S/c1-9(16(23)22-13-7-11(18)6-12(19)8-13)27-17(24)10-3-4-14(20)15(5-10)28(25,26)21-2/h3-9,21H,1-2H3,(H,22,23). The molecule has 150 valence electrons. The SMILES string of the molecule is CNS(=O)(=O)c1cc(C(=O)OC(C)C(=O)Nc2cc(Cl)cc(Cl)c2)ccc1Cl. The second-order valence-electron chi connectivity index (χ2n) is 5.55. The lowest BCUT2D eigenvalue weighted by molar-refractivity contribution is -0.123. The van der Waals surface area contributed by atoms with E-state index in [0.717, 1.165) is 6.07 Å². The van der Waals surface area contributed by atoms with Crippen LogP contribution in [0.15, 0.2) is 41.3 Å². The third kappa shape index (κ3) is 5.59. The zero-order chi connectivity index (χ0) is 21.1. The average Bonchev–Trinajstić information content (AvgIpc) is 2.60. The molecule has 0 fully saturated rings. The predicted molar refractivity (Wildman–Crippen MR) is 108 cm³/mol. The van der Waals surface area contributed by atoms with Crippen molar-refractivity contribution in [3.63, 3.8) is 0 Å². The van der Waals surface area contributed by atoms with E-state index in [9.17, 15) is 18.0 Å². The summed E-state index contributed by atoms with van der Waals surface area (Å²) in [5.74, 6) is -1.51. The zero-order valence-electron chi connectivity index (χ0n) is 14.6. The highest BCUT2D eigenvalue weighted by Gasteiger charge is 2.22. The lowest BCUT2D eigenvalue weighted by Crippen LogP contribution is -2.30. The van der Waals surface area contributed by atoms with E-state index >= 15 is 0 Å². The summed E-state index contributed by atoms with van der Waals surface area (Å²) in [5.41, 5.74) is 0.253. The molecule has 11 heteroatoms. The topological polar surface area (TPSA) is 102 Å². The fraction of sp³-hybridized carbons (Fsp3) is 0.176. The fourth-order valence-corrected chi connectivity index (χ4v) is 3.87. The quantitative estimate of drug-likeness (QED) is 0.633. The summed E-state index contributed by atoms with van der Waals surface area (Å²) in [4.78, 5) is 24.2. The summed E-state index contributed by atoms with van der Waals surface area (Å²) in [6, 6.07) is 8.07. The molecule has 1 atom stereocenters. The van der Waals surface area contributed by atoms with Crippen LogP contribution in [0.4, 0.5) is 5.69 Å². The Labute approximate surface area is 177 Å². The van der Waals surface area contributed by atoms with Gasteiger partial charge in [-0.05, 0) is 50.4 Å². The Morgan fingerprint density at radius 2 is 1.64 bits per heavy atom. The number of nitrogens with one attached hydrogen (secondary N) is 2. The van der Waals surface area contributed by atoms with Crippen molar-refractivity contribution >= 4 is 62.4 Å². The first-order valence-corrected chi connectivity index (χ1v) is 10.4. The molecule has 28 heavy (non-hydrogen) atoms. The molecule has 7 nitrogen and oxygen atoms in total. The van der Waals surface area contributed by atoms with Gasteiger partial charge in [0.25, 0.3) is 5.91 Å². The maximum Gasteiger partial charge on any atom is 0.338 e. The molecule has 0 bridgehead atoms. The Morgan fingerprint density at radius 3 is 2.21 bits per heavy atom. The van der Waals surface area contributed by atoms with E-state index in [1.807, 2.05) is 0 Å². The molecule has 0 spiro atoms. The van der Waals surface area contributed by atoms with Crippen LogP contribution in [0.2, 0.25) is 15.1 Å². The van der Waals surface area contributed by atoms with Crippen LogP contribution in [0.3, 0.4) is 0 Å². The molecule has 0 aliphatic carbocycles. The van der Waals surface area contributed by atoms with Crippen molar-refractivity contribution < 1.29 is 22.7 Å². The van der Waals surface area contributed by atoms with Crippen molar-refractivity contribution in [3.05, 3.63) is 57.0 Å². The molecule has 1 unspecified atom stereocenters. The van der Waals surface area contributed by atoms with Gasteiger partial charge in [0.1, 0.15) is 4.90 Å². The Bertz CT molecular complexity index is 1010. The summed E-state index contributed by atoms with van der Waals surface area (Å²) in [6.07, 6.45) is -1.18. The first-order valence-electron chi connectivity index (χ1n) is 7.74. The normalized spacial score (nSPS) is 12.3. The minimum atomic E-state index is -3.87. The van der Waals surface area contributed by atoms with Crippen LogP contribution in [0, 0.1) is 0 Å². The molecule has 0 aromatic heterocycles. The number of anilines is 1. The van der Waals surface area contributed by atoms with Crippen molar-refractivity contribution in [2.24, 2.45) is 0 Å². The Hall–Kier alpha value is -1.84. The van der Waals surface area contributed by atoms with E-state index in [4.69, 9.17) is 39.5 Å². The monoisotopic (exact) mass is 464 g/mol. The van der Waals surface area contributed by atoms with Gasteiger partial charge in [0, 0.05) is 15.7 Å². The van der Waals surface area contributed by atoms with Crippen LogP contribution < -0.4 is 10.0 Å². The van der Waals surface area contributed by atoms with Crippen LogP contribution in [0.5, 0.6) is 0 Å². The van der Waals surface area contributed by atoms with Crippen molar-refractivity contribution in [1.82, 2.24) is 4.72 Å². The second kappa shape index (κ2) is 9.11. The molecule has 0 heterocycles. The fourth-order valence-electron chi connectivity index (χ4n) is 2.10. The van der Waals surface area contributed by atoms with E-state index in [1.165, 1.54) is 44.3 Å². The molecule has 2 N–H and O–H groups in total. The maximum absolute atomic E-state index is 12.3. The first kappa shape index (κ1) is 22.4. The molecule has 0 aliphatic heterocycles. The molecule has 0 saturated carbocycles. The number of ether oxygens (including phenoxy) is 1. The molecule has 0 saturated heterocycles. The third-order valence-electron chi connectivity index (χ3n) is 3.51. The second-order valence-corrected chi connectivity index (χ2v) is 8.68. The zero-order valence-corrected chi connectivity index (χ0v) is 17.7. The van der Waals surface area contributed by atoms with Gasteiger partial charge in [0.15, 0.2) is 6.10 Å². The Morgan fingerprint density at radius 1 is 1.04 bits per heavy atom. The smallest absolute Gasteiger partial charge is 0.338 e. The molecule has 0 aliphatic rings.